The number of nitrogen functional groups attached to an aromatic ring is 1. The highest BCUT2D eigenvalue weighted by molar-refractivity contribution is 7.90. The van der Waals surface area contributed by atoms with E-state index in [4.69, 9.17) is 5.73 Å². The van der Waals surface area contributed by atoms with Gasteiger partial charge in [-0.1, -0.05) is 13.0 Å². The van der Waals surface area contributed by atoms with Crippen LogP contribution in [0.2, 0.25) is 0 Å². The van der Waals surface area contributed by atoms with Crippen LogP contribution in [0.3, 0.4) is 0 Å². The van der Waals surface area contributed by atoms with Gasteiger partial charge in [0.1, 0.15) is 0 Å². The Morgan fingerprint density at radius 3 is 2.57 bits per heavy atom. The fourth-order valence-electron chi connectivity index (χ4n) is 2.58. The number of aliphatic imine (C=N–C) groups is 1. The summed E-state index contributed by atoms with van der Waals surface area (Å²) in [4.78, 5) is 39.0. The SMILES string of the molecule is CCC(/C=C\C(C)=Nc1nc(N)nc(OCC(F)(F)F)n1)C(=O)NCCC(=O)NS(=O)(=O)C1CC1. The summed E-state index contributed by atoms with van der Waals surface area (Å²) < 4.78 is 66.8. The molecule has 1 unspecified atom stereocenters. The molecule has 1 aliphatic carbocycles. The van der Waals surface area contributed by atoms with Gasteiger partial charge in [0.05, 0.1) is 11.2 Å². The Kier molecular flexibility index (Phi) is 9.50. The van der Waals surface area contributed by atoms with Crippen LogP contribution < -0.4 is 20.5 Å². The van der Waals surface area contributed by atoms with Gasteiger partial charge in [-0.05, 0) is 32.3 Å². The van der Waals surface area contributed by atoms with E-state index in [2.05, 4.69) is 30.0 Å². The second-order valence-electron chi connectivity index (χ2n) is 7.62. The third-order valence-corrected chi connectivity index (χ3v) is 6.34. The van der Waals surface area contributed by atoms with Crippen molar-refractivity contribution in [2.45, 2.75) is 51.0 Å². The fraction of sp³-hybridized carbons (Fsp3) is 0.579. The minimum Gasteiger partial charge on any atom is -0.454 e. The molecule has 2 rings (SSSR count). The molecule has 1 aromatic heterocycles. The minimum atomic E-state index is -4.59. The van der Waals surface area contributed by atoms with Gasteiger partial charge in [0.15, 0.2) is 6.61 Å². The van der Waals surface area contributed by atoms with E-state index in [0.29, 0.717) is 25.0 Å². The summed E-state index contributed by atoms with van der Waals surface area (Å²) >= 11 is 0. The second-order valence-corrected chi connectivity index (χ2v) is 9.58. The number of nitrogens with zero attached hydrogens (tertiary/aromatic N) is 4. The van der Waals surface area contributed by atoms with Crippen molar-refractivity contribution in [2.24, 2.45) is 10.9 Å². The molecule has 4 N–H and O–H groups in total. The zero-order valence-corrected chi connectivity index (χ0v) is 19.8. The first-order chi connectivity index (χ1) is 16.3. The van der Waals surface area contributed by atoms with Crippen molar-refractivity contribution in [3.05, 3.63) is 12.2 Å². The van der Waals surface area contributed by atoms with Crippen molar-refractivity contribution in [1.29, 1.82) is 0 Å². The average molecular weight is 522 g/mol. The van der Waals surface area contributed by atoms with E-state index in [0.717, 1.165) is 0 Å². The number of amides is 2. The average Bonchev–Trinajstić information content (AvgIpc) is 3.57. The minimum absolute atomic E-state index is 0.0485. The number of nitrogens with two attached hydrogens (primary N) is 1. The summed E-state index contributed by atoms with van der Waals surface area (Å²) in [6.07, 6.45) is -0.294. The van der Waals surface area contributed by atoms with Crippen LogP contribution in [0.4, 0.5) is 25.1 Å². The molecule has 16 heteroatoms. The first-order valence-electron chi connectivity index (χ1n) is 10.6. The molecule has 194 valence electrons. The monoisotopic (exact) mass is 521 g/mol. The molecular formula is C19H26F3N7O5S. The molecule has 35 heavy (non-hydrogen) atoms. The quantitative estimate of drug-likeness (QED) is 0.341. The number of anilines is 1. The Morgan fingerprint density at radius 1 is 1.29 bits per heavy atom. The molecule has 1 atom stereocenters. The van der Waals surface area contributed by atoms with Crippen LogP contribution in [0.15, 0.2) is 17.1 Å². The predicted octanol–water partition coefficient (Wildman–Crippen LogP) is 1.18. The van der Waals surface area contributed by atoms with E-state index >= 15 is 0 Å². The smallest absolute Gasteiger partial charge is 0.422 e. The van der Waals surface area contributed by atoms with E-state index in [9.17, 15) is 31.2 Å². The number of alkyl halides is 3. The maximum Gasteiger partial charge on any atom is 0.422 e. The van der Waals surface area contributed by atoms with Crippen molar-refractivity contribution in [1.82, 2.24) is 25.0 Å². The summed E-state index contributed by atoms with van der Waals surface area (Å²) in [6, 6.07) is -0.634. The van der Waals surface area contributed by atoms with Gasteiger partial charge in [0, 0.05) is 18.7 Å². The van der Waals surface area contributed by atoms with Crippen LogP contribution >= 0.6 is 0 Å². The van der Waals surface area contributed by atoms with Gasteiger partial charge in [-0.25, -0.2) is 13.4 Å². The molecule has 0 saturated heterocycles. The molecule has 1 heterocycles. The number of nitrogens with one attached hydrogen (secondary N) is 2. The number of sulfonamides is 1. The van der Waals surface area contributed by atoms with E-state index in [1.165, 1.54) is 12.2 Å². The van der Waals surface area contributed by atoms with E-state index in [1.807, 2.05) is 4.72 Å². The largest absolute Gasteiger partial charge is 0.454 e. The first-order valence-corrected chi connectivity index (χ1v) is 12.1. The number of hydrogen-bond donors (Lipinski definition) is 3. The standard InChI is InChI=1S/C19H26F3N7O5S/c1-3-12(15(31)24-9-8-14(30)29-35(32,33)13-6-7-13)5-4-11(2)25-17-26-16(23)27-18(28-17)34-10-19(20,21)22/h4-5,12-13H,3,6-10H2,1-2H3,(H,24,31)(H,29,30)(H2,23,26,27,28)/b5-4-,25-11?. The molecule has 0 aliphatic heterocycles. The molecule has 1 saturated carbocycles. The van der Waals surface area contributed by atoms with Gasteiger partial charge < -0.3 is 15.8 Å². The lowest BCUT2D eigenvalue weighted by Crippen LogP contribution is -2.37. The highest BCUT2D eigenvalue weighted by atomic mass is 32.2. The summed E-state index contributed by atoms with van der Waals surface area (Å²) in [6.45, 7) is 1.64. The highest BCUT2D eigenvalue weighted by Gasteiger charge is 2.36. The van der Waals surface area contributed by atoms with Gasteiger partial charge in [0.2, 0.25) is 27.8 Å². The highest BCUT2D eigenvalue weighted by Crippen LogP contribution is 2.27. The number of carbonyl (C=O) groups excluding carboxylic acids is 2. The number of aromatic nitrogens is 3. The zero-order valence-electron chi connectivity index (χ0n) is 19.0. The molecule has 1 aliphatic rings. The molecular weight excluding hydrogens is 495 g/mol. The molecule has 0 spiro atoms. The lowest BCUT2D eigenvalue weighted by atomic mass is 10.0. The summed E-state index contributed by atoms with van der Waals surface area (Å²) in [5.74, 6) is -2.33. The maximum absolute atomic E-state index is 12.4. The van der Waals surface area contributed by atoms with Gasteiger partial charge in [-0.2, -0.15) is 28.1 Å². The van der Waals surface area contributed by atoms with Crippen LogP contribution in [-0.4, -0.2) is 65.5 Å². The maximum atomic E-state index is 12.4. The number of halogens is 3. The normalized spacial score (nSPS) is 15.6. The molecule has 12 nitrogen and oxygen atoms in total. The third kappa shape index (κ3) is 10.2. The Hall–Kier alpha value is -3.30. The molecule has 0 aromatic carbocycles. The summed E-state index contributed by atoms with van der Waals surface area (Å²) in [5, 5.41) is 2.05. The second kappa shape index (κ2) is 11.9. The Balaban J connectivity index is 1.90. The van der Waals surface area contributed by atoms with Crippen LogP contribution in [0.1, 0.15) is 39.5 Å². The Morgan fingerprint density at radius 2 is 1.97 bits per heavy atom. The molecule has 1 fully saturated rings. The first kappa shape index (κ1) is 27.9. The molecule has 1 aromatic rings. The third-order valence-electron chi connectivity index (χ3n) is 4.48. The number of ether oxygens (including phenoxy) is 1. The molecule has 2 amide bonds. The van der Waals surface area contributed by atoms with E-state index in [-0.39, 0.29) is 30.8 Å². The van der Waals surface area contributed by atoms with Crippen molar-refractivity contribution in [2.75, 3.05) is 18.9 Å². The zero-order chi connectivity index (χ0) is 26.2. The van der Waals surface area contributed by atoms with Crippen LogP contribution in [-0.2, 0) is 19.6 Å². The van der Waals surface area contributed by atoms with Crippen molar-refractivity contribution >= 4 is 39.4 Å². The summed E-state index contributed by atoms with van der Waals surface area (Å²) in [7, 11) is -3.63. The van der Waals surface area contributed by atoms with Gasteiger partial charge in [-0.3, -0.25) is 14.3 Å². The van der Waals surface area contributed by atoms with Crippen LogP contribution in [0, 0.1) is 5.92 Å². The predicted molar refractivity (Wildman–Crippen MR) is 119 cm³/mol. The Labute approximate surface area is 199 Å². The number of carbonyl (C=O) groups is 2. The molecule has 0 bridgehead atoms. The van der Waals surface area contributed by atoms with Crippen molar-refractivity contribution < 1.29 is 35.9 Å². The summed E-state index contributed by atoms with van der Waals surface area (Å²) in [5.41, 5.74) is 5.76. The fourth-order valence-corrected chi connectivity index (χ4v) is 3.93. The van der Waals surface area contributed by atoms with Crippen LogP contribution in [0.25, 0.3) is 0 Å². The van der Waals surface area contributed by atoms with Gasteiger partial charge in [0.25, 0.3) is 5.95 Å². The number of rotatable bonds is 12. The lowest BCUT2D eigenvalue weighted by molar-refractivity contribution is -0.154. The lowest BCUT2D eigenvalue weighted by Gasteiger charge is -2.11. The number of allylic oxidation sites excluding steroid dienone is 1. The molecule has 0 radical (unpaired) electrons. The van der Waals surface area contributed by atoms with Crippen molar-refractivity contribution in [3.8, 4) is 6.01 Å². The van der Waals surface area contributed by atoms with Gasteiger partial charge >= 0.3 is 12.2 Å². The van der Waals surface area contributed by atoms with Crippen LogP contribution in [0.5, 0.6) is 6.01 Å². The van der Waals surface area contributed by atoms with Gasteiger partial charge in [-0.15, -0.1) is 0 Å². The van der Waals surface area contributed by atoms with Crippen molar-refractivity contribution in [3.63, 3.8) is 0 Å². The van der Waals surface area contributed by atoms with E-state index in [1.54, 1.807) is 13.8 Å². The topological polar surface area (TPSA) is 179 Å². The number of hydrogen-bond acceptors (Lipinski definition) is 10. The van der Waals surface area contributed by atoms with E-state index < -0.39 is 45.9 Å². The Bertz CT molecular complexity index is 1090.